The third kappa shape index (κ3) is 2.25. The number of nitrogens with two attached hydrogens (primary N) is 1. The average molecular weight is 293 g/mol. The lowest BCUT2D eigenvalue weighted by Crippen LogP contribution is -2.18. The third-order valence-corrected chi connectivity index (χ3v) is 4.32. The number of aromatic nitrogens is 2. The number of rotatable bonds is 2. The van der Waals surface area contributed by atoms with Crippen LogP contribution in [0.4, 0.5) is 5.69 Å². The molecular formula is C18H19N3O. The summed E-state index contributed by atoms with van der Waals surface area (Å²) in [4.78, 5) is 0. The van der Waals surface area contributed by atoms with Crippen LogP contribution in [-0.4, -0.2) is 16.4 Å². The van der Waals surface area contributed by atoms with E-state index < -0.39 is 0 Å². The minimum Gasteiger partial charge on any atom is -0.398 e. The van der Waals surface area contributed by atoms with Gasteiger partial charge in [0, 0.05) is 29.4 Å². The molecule has 1 saturated heterocycles. The first kappa shape index (κ1) is 13.3. The second-order valence-corrected chi connectivity index (χ2v) is 5.78. The van der Waals surface area contributed by atoms with Gasteiger partial charge in [-0.05, 0) is 36.3 Å². The number of benzene rings is 2. The van der Waals surface area contributed by atoms with Crippen molar-refractivity contribution in [3.8, 4) is 11.1 Å². The Kier molecular flexibility index (Phi) is 3.31. The number of hydrogen-bond donors (Lipinski definition) is 1. The van der Waals surface area contributed by atoms with Crippen molar-refractivity contribution >= 4 is 16.5 Å². The molecule has 1 aromatic heterocycles. The Morgan fingerprint density at radius 3 is 2.77 bits per heavy atom. The first-order chi connectivity index (χ1) is 10.8. The molecule has 4 rings (SSSR count). The van der Waals surface area contributed by atoms with E-state index in [1.165, 1.54) is 6.42 Å². The second-order valence-electron chi connectivity index (χ2n) is 5.78. The van der Waals surface area contributed by atoms with Crippen LogP contribution in [0.15, 0.2) is 48.8 Å². The van der Waals surface area contributed by atoms with Crippen LogP contribution in [0.2, 0.25) is 0 Å². The molecule has 4 heteroatoms. The fraction of sp³-hybridized carbons (Fsp3) is 0.278. The van der Waals surface area contributed by atoms with E-state index in [-0.39, 0.29) is 6.23 Å². The summed E-state index contributed by atoms with van der Waals surface area (Å²) in [6.07, 6.45) is 7.44. The Morgan fingerprint density at radius 1 is 1.09 bits per heavy atom. The van der Waals surface area contributed by atoms with Crippen LogP contribution in [0.1, 0.15) is 25.5 Å². The maximum atomic E-state index is 6.08. The molecule has 3 aromatic rings. The lowest BCUT2D eigenvalue weighted by atomic mass is 9.99. The quantitative estimate of drug-likeness (QED) is 0.727. The highest BCUT2D eigenvalue weighted by Crippen LogP contribution is 2.32. The Balaban J connectivity index is 1.76. The summed E-state index contributed by atoms with van der Waals surface area (Å²) < 4.78 is 7.74. The molecule has 112 valence electrons. The lowest BCUT2D eigenvalue weighted by Gasteiger charge is -2.22. The molecule has 0 aliphatic carbocycles. The number of fused-ring (bicyclic) bond motifs is 1. The van der Waals surface area contributed by atoms with Crippen molar-refractivity contribution in [3.05, 3.63) is 48.8 Å². The van der Waals surface area contributed by atoms with E-state index in [1.54, 1.807) is 0 Å². The summed E-state index contributed by atoms with van der Waals surface area (Å²) >= 11 is 0. The number of hydrogen-bond acceptors (Lipinski definition) is 3. The monoisotopic (exact) mass is 293 g/mol. The van der Waals surface area contributed by atoms with Crippen molar-refractivity contribution in [2.45, 2.75) is 25.5 Å². The van der Waals surface area contributed by atoms with Crippen LogP contribution in [-0.2, 0) is 4.74 Å². The Labute approximate surface area is 129 Å². The third-order valence-electron chi connectivity index (χ3n) is 4.32. The average Bonchev–Trinajstić information content (AvgIpc) is 3.06. The molecule has 1 aliphatic rings. The van der Waals surface area contributed by atoms with Gasteiger partial charge in [0.1, 0.15) is 6.23 Å². The molecule has 1 fully saturated rings. The zero-order valence-corrected chi connectivity index (χ0v) is 12.4. The minimum absolute atomic E-state index is 0.0718. The predicted octanol–water partition coefficient (Wildman–Crippen LogP) is 3.98. The summed E-state index contributed by atoms with van der Waals surface area (Å²) in [6.45, 7) is 0.824. The molecule has 0 spiro atoms. The molecule has 0 bridgehead atoms. The summed E-state index contributed by atoms with van der Waals surface area (Å²) in [6, 6.07) is 12.3. The molecule has 2 N–H and O–H groups in total. The van der Waals surface area contributed by atoms with Crippen molar-refractivity contribution in [1.29, 1.82) is 0 Å². The number of ether oxygens (including phenoxy) is 1. The van der Waals surface area contributed by atoms with E-state index in [2.05, 4.69) is 29.5 Å². The first-order valence-electron chi connectivity index (χ1n) is 7.76. The van der Waals surface area contributed by atoms with Gasteiger partial charge in [0.25, 0.3) is 0 Å². The van der Waals surface area contributed by atoms with Gasteiger partial charge in [-0.25, -0.2) is 4.68 Å². The predicted molar refractivity (Wildman–Crippen MR) is 88.4 cm³/mol. The Morgan fingerprint density at radius 2 is 1.95 bits per heavy atom. The minimum atomic E-state index is 0.0718. The standard InChI is InChI=1S/C18H19N3O/c19-17-9-8-14(15-5-1-2-6-16(15)17)13-11-20-21(12-13)18-7-3-4-10-22-18/h1-2,5-6,8-9,11-12,18H,3-4,7,10,19H2. The number of nitrogens with zero attached hydrogens (tertiary/aromatic N) is 2. The van der Waals surface area contributed by atoms with E-state index in [1.807, 2.05) is 29.1 Å². The second kappa shape index (κ2) is 5.46. The summed E-state index contributed by atoms with van der Waals surface area (Å²) in [5.41, 5.74) is 9.15. The molecule has 22 heavy (non-hydrogen) atoms. The molecule has 0 radical (unpaired) electrons. The van der Waals surface area contributed by atoms with Gasteiger partial charge in [0.15, 0.2) is 0 Å². The molecule has 0 saturated carbocycles. The summed E-state index contributed by atoms with van der Waals surface area (Å²) in [7, 11) is 0. The summed E-state index contributed by atoms with van der Waals surface area (Å²) in [5.74, 6) is 0. The highest BCUT2D eigenvalue weighted by molar-refractivity contribution is 6.02. The van der Waals surface area contributed by atoms with Gasteiger partial charge in [0.05, 0.1) is 6.20 Å². The fourth-order valence-electron chi connectivity index (χ4n) is 3.14. The Bertz CT molecular complexity index is 803. The van der Waals surface area contributed by atoms with Crippen molar-refractivity contribution in [2.24, 2.45) is 0 Å². The van der Waals surface area contributed by atoms with Crippen molar-refractivity contribution < 1.29 is 4.74 Å². The van der Waals surface area contributed by atoms with Gasteiger partial charge < -0.3 is 10.5 Å². The fourth-order valence-corrected chi connectivity index (χ4v) is 3.14. The van der Waals surface area contributed by atoms with Gasteiger partial charge in [-0.15, -0.1) is 0 Å². The molecule has 1 unspecified atom stereocenters. The van der Waals surface area contributed by atoms with E-state index in [0.717, 1.165) is 47.0 Å². The SMILES string of the molecule is Nc1ccc(-c2cnn(C3CCCCO3)c2)c2ccccc12. The van der Waals surface area contributed by atoms with Gasteiger partial charge in [-0.1, -0.05) is 30.3 Å². The normalized spacial score (nSPS) is 18.6. The molecule has 2 aromatic carbocycles. The van der Waals surface area contributed by atoms with E-state index in [4.69, 9.17) is 10.5 Å². The van der Waals surface area contributed by atoms with Crippen molar-refractivity contribution in [2.75, 3.05) is 12.3 Å². The highest BCUT2D eigenvalue weighted by atomic mass is 16.5. The zero-order chi connectivity index (χ0) is 14.9. The van der Waals surface area contributed by atoms with Crippen LogP contribution >= 0.6 is 0 Å². The number of nitrogen functional groups attached to an aromatic ring is 1. The molecule has 2 heterocycles. The smallest absolute Gasteiger partial charge is 0.150 e. The van der Waals surface area contributed by atoms with Gasteiger partial charge >= 0.3 is 0 Å². The maximum absolute atomic E-state index is 6.08. The highest BCUT2D eigenvalue weighted by Gasteiger charge is 2.17. The molecule has 1 aliphatic heterocycles. The first-order valence-corrected chi connectivity index (χ1v) is 7.76. The van der Waals surface area contributed by atoms with Gasteiger partial charge in [0.2, 0.25) is 0 Å². The number of anilines is 1. The molecular weight excluding hydrogens is 274 g/mol. The molecule has 4 nitrogen and oxygen atoms in total. The van der Waals surface area contributed by atoms with E-state index >= 15 is 0 Å². The largest absolute Gasteiger partial charge is 0.398 e. The Hall–Kier alpha value is -2.33. The van der Waals surface area contributed by atoms with E-state index in [0.29, 0.717) is 0 Å². The summed E-state index contributed by atoms with van der Waals surface area (Å²) in [5, 5.41) is 6.75. The van der Waals surface area contributed by atoms with E-state index in [9.17, 15) is 0 Å². The van der Waals surface area contributed by atoms with Crippen molar-refractivity contribution in [1.82, 2.24) is 9.78 Å². The van der Waals surface area contributed by atoms with Crippen LogP contribution in [0.25, 0.3) is 21.9 Å². The van der Waals surface area contributed by atoms with Gasteiger partial charge in [-0.3, -0.25) is 0 Å². The van der Waals surface area contributed by atoms with Gasteiger partial charge in [-0.2, -0.15) is 5.10 Å². The lowest BCUT2D eigenvalue weighted by molar-refractivity contribution is -0.0394. The molecule has 1 atom stereocenters. The van der Waals surface area contributed by atoms with Crippen molar-refractivity contribution in [3.63, 3.8) is 0 Å². The maximum Gasteiger partial charge on any atom is 0.150 e. The zero-order valence-electron chi connectivity index (χ0n) is 12.4. The van der Waals surface area contributed by atoms with Crippen LogP contribution in [0.3, 0.4) is 0 Å². The van der Waals surface area contributed by atoms with Crippen LogP contribution in [0, 0.1) is 0 Å². The molecule has 0 amide bonds. The topological polar surface area (TPSA) is 53.1 Å². The van der Waals surface area contributed by atoms with Crippen LogP contribution in [0.5, 0.6) is 0 Å². The van der Waals surface area contributed by atoms with Crippen LogP contribution < -0.4 is 5.73 Å².